The summed E-state index contributed by atoms with van der Waals surface area (Å²) in [5, 5.41) is 3.48. The summed E-state index contributed by atoms with van der Waals surface area (Å²) in [6.07, 6.45) is 2.36. The van der Waals surface area contributed by atoms with Gasteiger partial charge >= 0.3 is 0 Å². The lowest BCUT2D eigenvalue weighted by Crippen LogP contribution is -2.25. The standard InChI is InChI=1S/C20H17ClF2N2O2/c21-14-6-4-13(5-7-14)10-11-24-18(26)8-9-19-25-12-17(27-19)20-15(22)2-1-3-16(20)23/h1-7,12H,8-11H2,(H,24,26). The summed E-state index contributed by atoms with van der Waals surface area (Å²) in [6.45, 7) is 0.498. The average molecular weight is 391 g/mol. The molecule has 1 heterocycles. The fourth-order valence-electron chi connectivity index (χ4n) is 2.58. The molecule has 2 aromatic carbocycles. The quantitative estimate of drug-likeness (QED) is 0.643. The first-order valence-electron chi connectivity index (χ1n) is 8.43. The van der Waals surface area contributed by atoms with Crippen LogP contribution < -0.4 is 5.32 Å². The number of benzene rings is 2. The molecule has 0 saturated carbocycles. The summed E-state index contributed by atoms with van der Waals surface area (Å²) in [4.78, 5) is 15.9. The number of rotatable bonds is 7. The molecule has 0 saturated heterocycles. The van der Waals surface area contributed by atoms with E-state index in [1.54, 1.807) is 12.1 Å². The number of carbonyl (C=O) groups excluding carboxylic acids is 1. The number of aromatic nitrogens is 1. The summed E-state index contributed by atoms with van der Waals surface area (Å²) in [5.74, 6) is -1.35. The van der Waals surface area contributed by atoms with E-state index in [-0.39, 0.29) is 36.0 Å². The number of halogens is 3. The van der Waals surface area contributed by atoms with Gasteiger partial charge < -0.3 is 9.73 Å². The Morgan fingerprint density at radius 2 is 1.78 bits per heavy atom. The Bertz CT molecular complexity index is 906. The Labute approximate surface area is 160 Å². The molecule has 0 atom stereocenters. The van der Waals surface area contributed by atoms with Crippen molar-refractivity contribution in [3.63, 3.8) is 0 Å². The van der Waals surface area contributed by atoms with Crippen LogP contribution in [0.4, 0.5) is 8.78 Å². The van der Waals surface area contributed by atoms with Crippen molar-refractivity contribution in [2.24, 2.45) is 0 Å². The van der Waals surface area contributed by atoms with Gasteiger partial charge in [0.1, 0.15) is 11.6 Å². The van der Waals surface area contributed by atoms with Crippen molar-refractivity contribution in [3.8, 4) is 11.3 Å². The highest BCUT2D eigenvalue weighted by Gasteiger charge is 2.16. The number of amides is 1. The smallest absolute Gasteiger partial charge is 0.220 e. The molecule has 1 aromatic heterocycles. The maximum absolute atomic E-state index is 13.8. The van der Waals surface area contributed by atoms with Gasteiger partial charge in [0.05, 0.1) is 11.8 Å². The Morgan fingerprint density at radius 1 is 1.07 bits per heavy atom. The lowest BCUT2D eigenvalue weighted by molar-refractivity contribution is -0.121. The van der Waals surface area contributed by atoms with Gasteiger partial charge in [-0.2, -0.15) is 0 Å². The van der Waals surface area contributed by atoms with Gasteiger partial charge in [-0.05, 0) is 36.2 Å². The van der Waals surface area contributed by atoms with Gasteiger partial charge in [-0.3, -0.25) is 4.79 Å². The van der Waals surface area contributed by atoms with Crippen molar-refractivity contribution in [2.75, 3.05) is 6.54 Å². The van der Waals surface area contributed by atoms with Crippen LogP contribution in [0.2, 0.25) is 5.02 Å². The number of carbonyl (C=O) groups is 1. The highest BCUT2D eigenvalue weighted by atomic mass is 35.5. The molecule has 0 aliphatic heterocycles. The minimum Gasteiger partial charge on any atom is -0.441 e. The minimum absolute atomic E-state index is 0.00347. The molecule has 0 unspecified atom stereocenters. The Morgan fingerprint density at radius 3 is 2.48 bits per heavy atom. The molecule has 3 aromatic rings. The molecule has 140 valence electrons. The summed E-state index contributed by atoms with van der Waals surface area (Å²) in [5.41, 5.74) is 0.813. The molecule has 7 heteroatoms. The van der Waals surface area contributed by atoms with E-state index >= 15 is 0 Å². The molecule has 3 rings (SSSR count). The van der Waals surface area contributed by atoms with Crippen molar-refractivity contribution in [2.45, 2.75) is 19.3 Å². The zero-order valence-electron chi connectivity index (χ0n) is 14.3. The molecule has 0 spiro atoms. The van der Waals surface area contributed by atoms with E-state index in [2.05, 4.69) is 10.3 Å². The third kappa shape index (κ3) is 5.14. The molecule has 0 radical (unpaired) electrons. The van der Waals surface area contributed by atoms with Gasteiger partial charge in [0, 0.05) is 24.4 Å². The number of aryl methyl sites for hydroxylation is 1. The van der Waals surface area contributed by atoms with E-state index in [0.29, 0.717) is 18.0 Å². The van der Waals surface area contributed by atoms with Crippen LogP contribution in [0.3, 0.4) is 0 Å². The van der Waals surface area contributed by atoms with E-state index in [1.165, 1.54) is 12.3 Å². The largest absolute Gasteiger partial charge is 0.441 e. The van der Waals surface area contributed by atoms with E-state index in [1.807, 2.05) is 12.1 Å². The lowest BCUT2D eigenvalue weighted by atomic mass is 10.1. The number of hydrogen-bond acceptors (Lipinski definition) is 3. The maximum Gasteiger partial charge on any atom is 0.220 e. The van der Waals surface area contributed by atoms with Crippen LogP contribution in [0, 0.1) is 11.6 Å². The van der Waals surface area contributed by atoms with Gasteiger partial charge in [0.25, 0.3) is 0 Å². The molecule has 4 nitrogen and oxygen atoms in total. The minimum atomic E-state index is -0.724. The lowest BCUT2D eigenvalue weighted by Gasteiger charge is -2.05. The highest BCUT2D eigenvalue weighted by Crippen LogP contribution is 2.26. The molecule has 0 fully saturated rings. The third-order valence-corrected chi connectivity index (χ3v) is 4.23. The van der Waals surface area contributed by atoms with Crippen LogP contribution >= 0.6 is 11.6 Å². The summed E-state index contributed by atoms with van der Waals surface area (Å²) >= 11 is 5.83. The predicted octanol–water partition coefficient (Wildman–Crippen LogP) is 4.56. The van der Waals surface area contributed by atoms with E-state index in [4.69, 9.17) is 16.0 Å². The van der Waals surface area contributed by atoms with E-state index < -0.39 is 11.6 Å². The van der Waals surface area contributed by atoms with Crippen LogP contribution in [-0.2, 0) is 17.6 Å². The van der Waals surface area contributed by atoms with Crippen molar-refractivity contribution in [1.82, 2.24) is 10.3 Å². The molecule has 27 heavy (non-hydrogen) atoms. The molecule has 1 N–H and O–H groups in total. The van der Waals surface area contributed by atoms with Crippen LogP contribution in [0.5, 0.6) is 0 Å². The first-order valence-corrected chi connectivity index (χ1v) is 8.81. The first-order chi connectivity index (χ1) is 13.0. The topological polar surface area (TPSA) is 55.1 Å². The number of hydrogen-bond donors (Lipinski definition) is 1. The van der Waals surface area contributed by atoms with Gasteiger partial charge in [-0.1, -0.05) is 29.8 Å². The second-order valence-corrected chi connectivity index (χ2v) is 6.38. The fraction of sp³-hybridized carbons (Fsp3) is 0.200. The van der Waals surface area contributed by atoms with Gasteiger partial charge in [0.2, 0.25) is 5.91 Å². The van der Waals surface area contributed by atoms with E-state index in [9.17, 15) is 13.6 Å². The summed E-state index contributed by atoms with van der Waals surface area (Å²) in [6, 6.07) is 11.0. The van der Waals surface area contributed by atoms with E-state index in [0.717, 1.165) is 17.7 Å². The van der Waals surface area contributed by atoms with Gasteiger partial charge in [-0.15, -0.1) is 0 Å². The van der Waals surface area contributed by atoms with Crippen LogP contribution in [0.15, 0.2) is 53.1 Å². The Balaban J connectivity index is 1.48. The normalized spacial score (nSPS) is 10.8. The average Bonchev–Trinajstić information content (AvgIpc) is 3.10. The second kappa shape index (κ2) is 8.77. The van der Waals surface area contributed by atoms with Crippen molar-refractivity contribution in [1.29, 1.82) is 0 Å². The van der Waals surface area contributed by atoms with Crippen LogP contribution in [-0.4, -0.2) is 17.4 Å². The molecular weight excluding hydrogens is 374 g/mol. The monoisotopic (exact) mass is 390 g/mol. The maximum atomic E-state index is 13.8. The summed E-state index contributed by atoms with van der Waals surface area (Å²) < 4.78 is 32.9. The first kappa shape index (κ1) is 19.0. The fourth-order valence-corrected chi connectivity index (χ4v) is 2.71. The SMILES string of the molecule is O=C(CCc1ncc(-c2c(F)cccc2F)o1)NCCc1ccc(Cl)cc1. The number of nitrogens with one attached hydrogen (secondary N) is 1. The molecule has 1 amide bonds. The third-order valence-electron chi connectivity index (χ3n) is 3.98. The number of nitrogens with zero attached hydrogens (tertiary/aromatic N) is 1. The van der Waals surface area contributed by atoms with Crippen LogP contribution in [0.25, 0.3) is 11.3 Å². The molecular formula is C20H17ClF2N2O2. The van der Waals surface area contributed by atoms with Crippen LogP contribution in [0.1, 0.15) is 17.9 Å². The Hall–Kier alpha value is -2.73. The van der Waals surface area contributed by atoms with Crippen molar-refractivity contribution >= 4 is 17.5 Å². The van der Waals surface area contributed by atoms with Gasteiger partial charge in [0.15, 0.2) is 11.7 Å². The van der Waals surface area contributed by atoms with Crippen molar-refractivity contribution < 1.29 is 18.0 Å². The second-order valence-electron chi connectivity index (χ2n) is 5.94. The molecule has 0 bridgehead atoms. The van der Waals surface area contributed by atoms with Gasteiger partial charge in [-0.25, -0.2) is 13.8 Å². The highest BCUT2D eigenvalue weighted by molar-refractivity contribution is 6.30. The summed E-state index contributed by atoms with van der Waals surface area (Å²) in [7, 11) is 0. The molecule has 0 aliphatic rings. The Kier molecular flexibility index (Phi) is 6.19. The molecule has 0 aliphatic carbocycles. The zero-order chi connectivity index (χ0) is 19.2. The predicted molar refractivity (Wildman–Crippen MR) is 98.3 cm³/mol. The number of oxazole rings is 1. The van der Waals surface area contributed by atoms with Crippen molar-refractivity contribution in [3.05, 3.63) is 76.8 Å². The zero-order valence-corrected chi connectivity index (χ0v) is 15.1.